The van der Waals surface area contributed by atoms with E-state index in [4.69, 9.17) is 4.74 Å². The van der Waals surface area contributed by atoms with E-state index in [1.807, 2.05) is 0 Å². The molecule has 3 unspecified atom stereocenters. The monoisotopic (exact) mass is 924 g/mol. The fourth-order valence-electron chi connectivity index (χ4n) is 8.55. The van der Waals surface area contributed by atoms with Crippen molar-refractivity contribution in [1.82, 2.24) is 5.32 Å². The zero-order valence-corrected chi connectivity index (χ0v) is 43.8. The van der Waals surface area contributed by atoms with Crippen LogP contribution in [-0.2, 0) is 14.3 Å². The number of aliphatic hydroxyl groups is 2. The zero-order valence-electron chi connectivity index (χ0n) is 43.8. The fraction of sp³-hybridized carbons (Fsp3) is 0.800. The largest absolute Gasteiger partial charge is 0.462 e. The molecule has 3 atom stereocenters. The highest BCUT2D eigenvalue weighted by Gasteiger charge is 2.24. The highest BCUT2D eigenvalue weighted by Crippen LogP contribution is 2.18. The molecule has 0 spiro atoms. The summed E-state index contributed by atoms with van der Waals surface area (Å²) in [5.41, 5.74) is 0. The minimum absolute atomic E-state index is 0.0501. The average molecular weight is 925 g/mol. The van der Waals surface area contributed by atoms with Crippen molar-refractivity contribution >= 4 is 11.9 Å². The lowest BCUT2D eigenvalue weighted by Gasteiger charge is -2.24. The van der Waals surface area contributed by atoms with Gasteiger partial charge in [-0.25, -0.2) is 0 Å². The van der Waals surface area contributed by atoms with Gasteiger partial charge in [0.1, 0.15) is 6.10 Å². The maximum Gasteiger partial charge on any atom is 0.306 e. The second kappa shape index (κ2) is 53.5. The van der Waals surface area contributed by atoms with Crippen LogP contribution in [0.2, 0.25) is 0 Å². The third-order valence-corrected chi connectivity index (χ3v) is 12.9. The summed E-state index contributed by atoms with van der Waals surface area (Å²) < 4.78 is 5.93. The molecule has 3 N–H and O–H groups in total. The Labute approximate surface area is 409 Å². The smallest absolute Gasteiger partial charge is 0.306 e. The van der Waals surface area contributed by atoms with Crippen molar-refractivity contribution in [2.24, 2.45) is 0 Å². The van der Waals surface area contributed by atoms with Crippen LogP contribution in [0.4, 0.5) is 0 Å². The SMILES string of the molecule is CC/C=C/C/C=C/C/C=C/CCCCCCC(=O)OC(CCCCC/C=C/C=C/CCCCCCCCC)CC(=O)NC(CO)C(O)CCCCCCCCCCCCCCCCCCC. The molecule has 384 valence electrons. The Morgan fingerprint density at radius 3 is 1.35 bits per heavy atom. The van der Waals surface area contributed by atoms with Crippen LogP contribution >= 0.6 is 0 Å². The normalized spacial score (nSPS) is 13.6. The number of nitrogens with one attached hydrogen (secondary N) is 1. The maximum atomic E-state index is 13.3. The van der Waals surface area contributed by atoms with E-state index in [2.05, 4.69) is 86.8 Å². The molecule has 0 aromatic rings. The minimum atomic E-state index is -0.801. The van der Waals surface area contributed by atoms with E-state index in [-0.39, 0.29) is 24.9 Å². The van der Waals surface area contributed by atoms with Gasteiger partial charge in [-0.2, -0.15) is 0 Å². The Morgan fingerprint density at radius 1 is 0.470 bits per heavy atom. The topological polar surface area (TPSA) is 95.9 Å². The summed E-state index contributed by atoms with van der Waals surface area (Å²) in [7, 11) is 0. The molecular weight excluding hydrogens is 815 g/mol. The van der Waals surface area contributed by atoms with Gasteiger partial charge in [0.05, 0.1) is 25.2 Å². The summed E-state index contributed by atoms with van der Waals surface area (Å²) in [6, 6.07) is -0.717. The van der Waals surface area contributed by atoms with Gasteiger partial charge in [-0.05, 0) is 83.5 Å². The van der Waals surface area contributed by atoms with Crippen molar-refractivity contribution in [3.05, 3.63) is 60.8 Å². The maximum absolute atomic E-state index is 13.3. The number of carbonyl (C=O) groups is 2. The molecule has 0 aliphatic carbocycles. The minimum Gasteiger partial charge on any atom is -0.462 e. The van der Waals surface area contributed by atoms with Crippen molar-refractivity contribution < 1.29 is 24.5 Å². The van der Waals surface area contributed by atoms with E-state index in [9.17, 15) is 19.8 Å². The van der Waals surface area contributed by atoms with Crippen LogP contribution in [0.15, 0.2) is 60.8 Å². The average Bonchev–Trinajstić information content (AvgIpc) is 3.31. The molecule has 0 aromatic carbocycles. The number of carbonyl (C=O) groups excluding carboxylic acids is 2. The van der Waals surface area contributed by atoms with Crippen molar-refractivity contribution in [3.63, 3.8) is 0 Å². The first-order chi connectivity index (χ1) is 32.5. The van der Waals surface area contributed by atoms with Crippen LogP contribution in [0, 0.1) is 0 Å². The van der Waals surface area contributed by atoms with E-state index in [1.165, 1.54) is 135 Å². The molecule has 0 bridgehead atoms. The number of hydrogen-bond donors (Lipinski definition) is 3. The first-order valence-corrected chi connectivity index (χ1v) is 28.5. The Morgan fingerprint density at radius 2 is 0.864 bits per heavy atom. The molecule has 1 amide bonds. The summed E-state index contributed by atoms with van der Waals surface area (Å²) >= 11 is 0. The molecule has 6 heteroatoms. The number of allylic oxidation sites excluding steroid dienone is 10. The second-order valence-corrected chi connectivity index (χ2v) is 19.3. The van der Waals surface area contributed by atoms with Crippen molar-refractivity contribution in [2.45, 2.75) is 302 Å². The summed E-state index contributed by atoms with van der Waals surface area (Å²) in [6.45, 7) is 6.38. The fourth-order valence-corrected chi connectivity index (χ4v) is 8.55. The zero-order chi connectivity index (χ0) is 48.1. The summed E-state index contributed by atoms with van der Waals surface area (Å²) in [5, 5.41) is 23.9. The summed E-state index contributed by atoms with van der Waals surface area (Å²) in [4.78, 5) is 26.2. The molecule has 0 heterocycles. The lowest BCUT2D eigenvalue weighted by atomic mass is 10.0. The van der Waals surface area contributed by atoms with Gasteiger partial charge >= 0.3 is 5.97 Å². The number of ether oxygens (including phenoxy) is 1. The van der Waals surface area contributed by atoms with Gasteiger partial charge in [0.2, 0.25) is 5.91 Å². The van der Waals surface area contributed by atoms with Crippen molar-refractivity contribution in [2.75, 3.05) is 6.61 Å². The third-order valence-electron chi connectivity index (χ3n) is 12.9. The highest BCUT2D eigenvalue weighted by atomic mass is 16.5. The molecule has 0 rings (SSSR count). The standard InChI is InChI=1S/C60H109NO5/c1-4-7-10-13-16-19-22-25-28-30-32-34-37-40-43-46-49-52-58(63)57(55-62)61-59(64)54-56(51-48-45-42-39-36-33-31-29-26-23-20-17-14-11-8-5-2)66-60(65)53-50-47-44-41-38-35-27-24-21-18-15-12-9-6-3/h9,12,18,21,27,29,31,33,35-36,56-58,62-63H,4-8,10-11,13-17,19-20,22-26,28,30,32,34,37-55H2,1-3H3,(H,61,64)/b12-9+,21-18+,31-29+,35-27+,36-33+. The van der Waals surface area contributed by atoms with E-state index in [0.717, 1.165) is 103 Å². The van der Waals surface area contributed by atoms with Gasteiger partial charge in [-0.3, -0.25) is 9.59 Å². The van der Waals surface area contributed by atoms with Gasteiger partial charge in [0, 0.05) is 6.42 Å². The summed E-state index contributed by atoms with van der Waals surface area (Å²) in [5.74, 6) is -0.520. The molecule has 0 radical (unpaired) electrons. The van der Waals surface area contributed by atoms with E-state index >= 15 is 0 Å². The summed E-state index contributed by atoms with van der Waals surface area (Å²) in [6.07, 6.45) is 67.1. The molecule has 0 aliphatic rings. The molecule has 0 saturated heterocycles. The number of amides is 1. The number of esters is 1. The molecule has 6 nitrogen and oxygen atoms in total. The first-order valence-electron chi connectivity index (χ1n) is 28.5. The van der Waals surface area contributed by atoms with E-state index in [1.54, 1.807) is 0 Å². The lowest BCUT2D eigenvalue weighted by molar-refractivity contribution is -0.151. The van der Waals surface area contributed by atoms with Gasteiger partial charge < -0.3 is 20.3 Å². The Hall–Kier alpha value is -2.44. The Kier molecular flexibility index (Phi) is 51.5. The molecule has 0 aromatic heterocycles. The Bertz CT molecular complexity index is 1170. The second-order valence-electron chi connectivity index (χ2n) is 19.3. The van der Waals surface area contributed by atoms with Crippen molar-refractivity contribution in [1.29, 1.82) is 0 Å². The van der Waals surface area contributed by atoms with Gasteiger partial charge in [-0.15, -0.1) is 0 Å². The first kappa shape index (κ1) is 63.6. The van der Waals surface area contributed by atoms with Gasteiger partial charge in [0.25, 0.3) is 0 Å². The van der Waals surface area contributed by atoms with E-state index in [0.29, 0.717) is 19.3 Å². The number of rotatable bonds is 51. The molecule has 66 heavy (non-hydrogen) atoms. The molecule has 0 aliphatic heterocycles. The molecule has 0 saturated carbocycles. The van der Waals surface area contributed by atoms with Crippen LogP contribution in [0.1, 0.15) is 284 Å². The Balaban J connectivity index is 4.60. The van der Waals surface area contributed by atoms with Crippen LogP contribution in [0.25, 0.3) is 0 Å². The van der Waals surface area contributed by atoms with Crippen molar-refractivity contribution in [3.8, 4) is 0 Å². The van der Waals surface area contributed by atoms with E-state index < -0.39 is 18.2 Å². The van der Waals surface area contributed by atoms with Crippen LogP contribution in [0.3, 0.4) is 0 Å². The molecule has 0 fully saturated rings. The molecular formula is C60H109NO5. The van der Waals surface area contributed by atoms with Crippen LogP contribution < -0.4 is 5.32 Å². The third kappa shape index (κ3) is 48.0. The number of aliphatic hydroxyl groups excluding tert-OH is 2. The van der Waals surface area contributed by atoms with Gasteiger partial charge in [0.15, 0.2) is 0 Å². The lowest BCUT2D eigenvalue weighted by Crippen LogP contribution is -2.46. The quantitative estimate of drug-likeness (QED) is 0.0244. The highest BCUT2D eigenvalue weighted by molar-refractivity contribution is 5.77. The van der Waals surface area contributed by atoms with Crippen LogP contribution in [0.5, 0.6) is 0 Å². The predicted octanol–water partition coefficient (Wildman–Crippen LogP) is 17.6. The number of unbranched alkanes of at least 4 members (excludes halogenated alkanes) is 30. The number of hydrogen-bond acceptors (Lipinski definition) is 5. The van der Waals surface area contributed by atoms with Crippen LogP contribution in [-0.4, -0.2) is 46.9 Å². The van der Waals surface area contributed by atoms with Gasteiger partial charge in [-0.1, -0.05) is 248 Å². The predicted molar refractivity (Wildman–Crippen MR) is 287 cm³/mol.